The summed E-state index contributed by atoms with van der Waals surface area (Å²) < 4.78 is 6.91. The SMILES string of the molecule is CC1=C(CC(=O)O)c2cccc(Br)c2/C1=C/c1cccc(Oc2ccccc2)c1. The summed E-state index contributed by atoms with van der Waals surface area (Å²) in [7, 11) is 0. The molecule has 0 saturated heterocycles. The van der Waals surface area contributed by atoms with Crippen LogP contribution in [0, 0.1) is 0 Å². The second-order valence-electron chi connectivity index (χ2n) is 6.88. The lowest BCUT2D eigenvalue weighted by molar-refractivity contribution is -0.135. The first kappa shape index (κ1) is 19.2. The van der Waals surface area contributed by atoms with Crippen LogP contribution in [0.3, 0.4) is 0 Å². The smallest absolute Gasteiger partial charge is 0.307 e. The number of ether oxygens (including phenoxy) is 1. The second-order valence-corrected chi connectivity index (χ2v) is 7.74. The molecule has 0 unspecified atom stereocenters. The molecule has 0 bridgehead atoms. The van der Waals surface area contributed by atoms with Crippen LogP contribution in [0.4, 0.5) is 0 Å². The minimum Gasteiger partial charge on any atom is -0.481 e. The van der Waals surface area contributed by atoms with E-state index < -0.39 is 5.97 Å². The molecule has 3 nitrogen and oxygen atoms in total. The number of hydrogen-bond acceptors (Lipinski definition) is 2. The van der Waals surface area contributed by atoms with E-state index in [0.29, 0.717) is 0 Å². The predicted octanol–water partition coefficient (Wildman–Crippen LogP) is 7.04. The van der Waals surface area contributed by atoms with Crippen LogP contribution in [0.5, 0.6) is 11.5 Å². The third-order valence-corrected chi connectivity index (χ3v) is 5.60. The van der Waals surface area contributed by atoms with Gasteiger partial charge in [-0.1, -0.05) is 58.4 Å². The minimum atomic E-state index is -0.829. The van der Waals surface area contributed by atoms with Crippen molar-refractivity contribution in [2.75, 3.05) is 0 Å². The van der Waals surface area contributed by atoms with E-state index >= 15 is 0 Å². The molecule has 1 N–H and O–H groups in total. The van der Waals surface area contributed by atoms with Gasteiger partial charge in [-0.3, -0.25) is 4.79 Å². The summed E-state index contributed by atoms with van der Waals surface area (Å²) in [6, 6.07) is 23.4. The average Bonchev–Trinajstić information content (AvgIpc) is 2.96. The Labute approximate surface area is 178 Å². The highest BCUT2D eigenvalue weighted by Crippen LogP contribution is 2.46. The number of para-hydroxylation sites is 1. The Morgan fingerprint density at radius 3 is 2.48 bits per heavy atom. The monoisotopic (exact) mass is 446 g/mol. The van der Waals surface area contributed by atoms with Gasteiger partial charge in [0.15, 0.2) is 0 Å². The van der Waals surface area contributed by atoms with Gasteiger partial charge in [0.05, 0.1) is 6.42 Å². The number of rotatable bonds is 5. The van der Waals surface area contributed by atoms with E-state index in [1.54, 1.807) is 0 Å². The molecule has 0 radical (unpaired) electrons. The number of fused-ring (bicyclic) bond motifs is 1. The van der Waals surface area contributed by atoms with Crippen molar-refractivity contribution in [3.63, 3.8) is 0 Å². The summed E-state index contributed by atoms with van der Waals surface area (Å²) in [6.07, 6.45) is 2.09. The first-order valence-corrected chi connectivity index (χ1v) is 10.1. The zero-order chi connectivity index (χ0) is 20.4. The van der Waals surface area contributed by atoms with Gasteiger partial charge in [0, 0.05) is 10.0 Å². The van der Waals surface area contributed by atoms with Crippen molar-refractivity contribution >= 4 is 39.1 Å². The van der Waals surface area contributed by atoms with Gasteiger partial charge in [0.2, 0.25) is 0 Å². The van der Waals surface area contributed by atoms with E-state index in [1.165, 1.54) is 0 Å². The molecule has 3 aromatic carbocycles. The van der Waals surface area contributed by atoms with Crippen LogP contribution in [0.2, 0.25) is 0 Å². The lowest BCUT2D eigenvalue weighted by atomic mass is 10.0. The van der Waals surface area contributed by atoms with Crippen LogP contribution in [0.25, 0.3) is 17.2 Å². The summed E-state index contributed by atoms with van der Waals surface area (Å²) in [5, 5.41) is 9.36. The van der Waals surface area contributed by atoms with Crippen LogP contribution >= 0.6 is 15.9 Å². The van der Waals surface area contributed by atoms with E-state index in [-0.39, 0.29) is 6.42 Å². The van der Waals surface area contributed by atoms with Crippen LogP contribution in [-0.4, -0.2) is 11.1 Å². The van der Waals surface area contributed by atoms with Crippen molar-refractivity contribution in [3.8, 4) is 11.5 Å². The summed E-state index contributed by atoms with van der Waals surface area (Å²) >= 11 is 3.64. The highest BCUT2D eigenvalue weighted by molar-refractivity contribution is 9.10. The zero-order valence-electron chi connectivity index (χ0n) is 15.9. The fraction of sp³-hybridized carbons (Fsp3) is 0.0800. The van der Waals surface area contributed by atoms with Gasteiger partial charge in [-0.25, -0.2) is 0 Å². The zero-order valence-corrected chi connectivity index (χ0v) is 17.4. The lowest BCUT2D eigenvalue weighted by Gasteiger charge is -2.09. The third-order valence-electron chi connectivity index (χ3n) is 4.94. The van der Waals surface area contributed by atoms with Crippen LogP contribution in [-0.2, 0) is 4.79 Å². The van der Waals surface area contributed by atoms with Crippen molar-refractivity contribution in [2.45, 2.75) is 13.3 Å². The molecule has 29 heavy (non-hydrogen) atoms. The lowest BCUT2D eigenvalue weighted by Crippen LogP contribution is -1.96. The molecule has 0 fully saturated rings. The average molecular weight is 447 g/mol. The van der Waals surface area contributed by atoms with Gasteiger partial charge in [-0.2, -0.15) is 0 Å². The first-order chi connectivity index (χ1) is 14.0. The fourth-order valence-electron chi connectivity index (χ4n) is 3.62. The molecular formula is C25H19BrO3. The van der Waals surface area contributed by atoms with Crippen molar-refractivity contribution in [3.05, 3.63) is 99.5 Å². The van der Waals surface area contributed by atoms with Crippen molar-refractivity contribution in [1.29, 1.82) is 0 Å². The van der Waals surface area contributed by atoms with E-state index in [9.17, 15) is 9.90 Å². The number of halogens is 1. The maximum absolute atomic E-state index is 11.4. The molecule has 0 aliphatic heterocycles. The molecular weight excluding hydrogens is 428 g/mol. The molecule has 0 heterocycles. The van der Waals surface area contributed by atoms with E-state index in [4.69, 9.17) is 4.74 Å². The number of benzene rings is 3. The van der Waals surface area contributed by atoms with Crippen molar-refractivity contribution in [2.24, 2.45) is 0 Å². The highest BCUT2D eigenvalue weighted by Gasteiger charge is 2.26. The quantitative estimate of drug-likeness (QED) is 0.456. The van der Waals surface area contributed by atoms with Crippen molar-refractivity contribution < 1.29 is 14.6 Å². The molecule has 4 rings (SSSR count). The molecule has 0 aromatic heterocycles. The molecule has 1 aliphatic rings. The maximum atomic E-state index is 11.4. The van der Waals surface area contributed by atoms with Gasteiger partial charge in [0.25, 0.3) is 0 Å². The van der Waals surface area contributed by atoms with E-state index in [0.717, 1.165) is 49.4 Å². The Bertz CT molecular complexity index is 1140. The minimum absolute atomic E-state index is 0.00375. The fourth-order valence-corrected chi connectivity index (χ4v) is 4.20. The van der Waals surface area contributed by atoms with E-state index in [1.807, 2.05) is 79.7 Å². The van der Waals surface area contributed by atoms with Crippen molar-refractivity contribution in [1.82, 2.24) is 0 Å². The van der Waals surface area contributed by atoms with Gasteiger partial charge in [0.1, 0.15) is 11.5 Å². The summed E-state index contributed by atoms with van der Waals surface area (Å²) in [4.78, 5) is 11.4. The topological polar surface area (TPSA) is 46.5 Å². The third kappa shape index (κ3) is 4.03. The number of carbonyl (C=O) groups is 1. The van der Waals surface area contributed by atoms with Crippen LogP contribution in [0.15, 0.2) is 82.8 Å². The van der Waals surface area contributed by atoms with Gasteiger partial charge < -0.3 is 9.84 Å². The van der Waals surface area contributed by atoms with E-state index in [2.05, 4.69) is 22.0 Å². The largest absolute Gasteiger partial charge is 0.481 e. The number of carboxylic acid groups (broad SMARTS) is 1. The maximum Gasteiger partial charge on any atom is 0.307 e. The van der Waals surface area contributed by atoms with Gasteiger partial charge in [-0.15, -0.1) is 0 Å². The van der Waals surface area contributed by atoms with Gasteiger partial charge in [-0.05, 0) is 71.2 Å². The summed E-state index contributed by atoms with van der Waals surface area (Å²) in [5.74, 6) is 0.708. The standard InChI is InChI=1S/C25H19BrO3/c1-16-21(15-24(27)28)20-11-6-12-23(26)25(20)22(16)14-17-7-5-10-19(13-17)29-18-8-3-2-4-9-18/h2-14H,15H2,1H3,(H,27,28)/b22-14+. The molecule has 1 aliphatic carbocycles. The summed E-state index contributed by atoms with van der Waals surface area (Å²) in [5.41, 5.74) is 5.88. The number of carboxylic acids is 1. The predicted molar refractivity (Wildman–Crippen MR) is 120 cm³/mol. The highest BCUT2D eigenvalue weighted by atomic mass is 79.9. The molecule has 0 atom stereocenters. The Balaban J connectivity index is 1.75. The Hall–Kier alpha value is -3.11. The normalized spacial score (nSPS) is 14.2. The first-order valence-electron chi connectivity index (χ1n) is 9.29. The van der Waals surface area contributed by atoms with Gasteiger partial charge >= 0.3 is 5.97 Å². The molecule has 0 spiro atoms. The molecule has 0 saturated carbocycles. The number of hydrogen-bond donors (Lipinski definition) is 1. The van der Waals surface area contributed by atoms with Crippen LogP contribution in [0.1, 0.15) is 30.0 Å². The summed E-state index contributed by atoms with van der Waals surface area (Å²) in [6.45, 7) is 1.99. The molecule has 4 heteroatoms. The molecule has 0 amide bonds. The van der Waals surface area contributed by atoms with Crippen LogP contribution < -0.4 is 4.74 Å². The molecule has 3 aromatic rings. The Morgan fingerprint density at radius 2 is 1.72 bits per heavy atom. The molecule has 144 valence electrons. The second kappa shape index (κ2) is 8.10. The Morgan fingerprint density at radius 1 is 1.00 bits per heavy atom. The number of allylic oxidation sites excluding steroid dienone is 2. The Kier molecular flexibility index (Phi) is 5.36. The number of aliphatic carboxylic acids is 1.